The first kappa shape index (κ1) is 12.2. The summed E-state index contributed by atoms with van der Waals surface area (Å²) in [6.45, 7) is 1.96. The van der Waals surface area contributed by atoms with Crippen LogP contribution in [0.2, 0.25) is 0 Å². The van der Waals surface area contributed by atoms with Crippen LogP contribution in [0.5, 0.6) is 0 Å². The van der Waals surface area contributed by atoms with Gasteiger partial charge in [0.25, 0.3) is 0 Å². The van der Waals surface area contributed by atoms with Crippen LogP contribution in [0.15, 0.2) is 52.8 Å². The number of aromatic nitrogens is 3. The molecule has 19 heavy (non-hydrogen) atoms. The molecule has 0 radical (unpaired) electrons. The Labute approximate surface area is 115 Å². The molecule has 0 aliphatic rings. The topological polar surface area (TPSA) is 67.6 Å². The van der Waals surface area contributed by atoms with Gasteiger partial charge in [-0.2, -0.15) is 0 Å². The maximum atomic E-state index is 5.96. The lowest BCUT2D eigenvalue weighted by Gasteiger charge is -2.09. The molecular formula is C14H14N4S. The number of para-hydroxylation sites is 2. The first-order chi connectivity index (χ1) is 9.24. The molecule has 0 saturated heterocycles. The van der Waals surface area contributed by atoms with Gasteiger partial charge in [0.1, 0.15) is 5.03 Å². The van der Waals surface area contributed by atoms with Crippen molar-refractivity contribution in [3.05, 3.63) is 48.2 Å². The molecule has 1 aromatic carbocycles. The van der Waals surface area contributed by atoms with Gasteiger partial charge in [-0.15, -0.1) is 0 Å². The van der Waals surface area contributed by atoms with Crippen LogP contribution in [0.1, 0.15) is 18.5 Å². The number of H-pyrrole nitrogens is 1. The molecule has 2 heterocycles. The number of imidazole rings is 1. The van der Waals surface area contributed by atoms with Crippen LogP contribution in [0.3, 0.4) is 0 Å². The molecule has 3 rings (SSSR count). The third kappa shape index (κ3) is 2.47. The number of nitrogens with zero attached hydrogens (tertiary/aromatic N) is 2. The third-order valence-electron chi connectivity index (χ3n) is 2.85. The fourth-order valence-corrected chi connectivity index (χ4v) is 2.88. The normalized spacial score (nSPS) is 12.7. The zero-order valence-corrected chi connectivity index (χ0v) is 11.3. The van der Waals surface area contributed by atoms with E-state index in [1.807, 2.05) is 43.3 Å². The predicted octanol–water partition coefficient (Wildman–Crippen LogP) is 3.13. The maximum absolute atomic E-state index is 5.96. The van der Waals surface area contributed by atoms with Crippen LogP contribution in [0.4, 0.5) is 0 Å². The van der Waals surface area contributed by atoms with Gasteiger partial charge >= 0.3 is 0 Å². The summed E-state index contributed by atoms with van der Waals surface area (Å²) in [5.41, 5.74) is 8.99. The van der Waals surface area contributed by atoms with Gasteiger partial charge in [0.2, 0.25) is 0 Å². The highest BCUT2D eigenvalue weighted by atomic mass is 32.2. The first-order valence-corrected chi connectivity index (χ1v) is 6.89. The van der Waals surface area contributed by atoms with E-state index in [1.54, 1.807) is 6.20 Å². The number of benzene rings is 1. The first-order valence-electron chi connectivity index (χ1n) is 6.07. The zero-order valence-electron chi connectivity index (χ0n) is 10.5. The number of pyridine rings is 1. The van der Waals surface area contributed by atoms with Gasteiger partial charge in [-0.05, 0) is 36.9 Å². The van der Waals surface area contributed by atoms with Crippen molar-refractivity contribution in [3.8, 4) is 0 Å². The van der Waals surface area contributed by atoms with E-state index in [2.05, 4.69) is 15.0 Å². The fourth-order valence-electron chi connectivity index (χ4n) is 1.90. The molecule has 0 spiro atoms. The number of aromatic amines is 1. The summed E-state index contributed by atoms with van der Waals surface area (Å²) in [7, 11) is 0. The molecule has 5 heteroatoms. The standard InChI is InChI=1S/C14H14N4S/c1-9(15)10-5-4-8-16-13(10)19-14-17-11-6-2-3-7-12(11)18-14/h2-9H,15H2,1H3,(H,17,18)/t9-/m0/s1. The summed E-state index contributed by atoms with van der Waals surface area (Å²) in [6, 6.07) is 11.8. The lowest BCUT2D eigenvalue weighted by atomic mass is 10.2. The molecular weight excluding hydrogens is 256 g/mol. The van der Waals surface area contributed by atoms with Gasteiger partial charge in [-0.3, -0.25) is 0 Å². The molecule has 0 bridgehead atoms. The Kier molecular flexibility index (Phi) is 3.23. The minimum atomic E-state index is -0.0411. The Bertz CT molecular complexity index is 672. The molecule has 0 aliphatic heterocycles. The lowest BCUT2D eigenvalue weighted by Crippen LogP contribution is -2.07. The molecule has 0 fully saturated rings. The summed E-state index contributed by atoms with van der Waals surface area (Å²) in [4.78, 5) is 12.2. The lowest BCUT2D eigenvalue weighted by molar-refractivity contribution is 0.779. The predicted molar refractivity (Wildman–Crippen MR) is 77.1 cm³/mol. The van der Waals surface area contributed by atoms with Crippen molar-refractivity contribution in [2.24, 2.45) is 5.73 Å². The van der Waals surface area contributed by atoms with Crippen molar-refractivity contribution in [1.29, 1.82) is 0 Å². The largest absolute Gasteiger partial charge is 0.333 e. The van der Waals surface area contributed by atoms with E-state index in [0.29, 0.717) is 0 Å². The van der Waals surface area contributed by atoms with Crippen molar-refractivity contribution in [2.75, 3.05) is 0 Å². The van der Waals surface area contributed by atoms with E-state index in [4.69, 9.17) is 5.73 Å². The number of hydrogen-bond donors (Lipinski definition) is 2. The summed E-state index contributed by atoms with van der Waals surface area (Å²) in [5.74, 6) is 0. The Morgan fingerprint density at radius 2 is 2.05 bits per heavy atom. The molecule has 0 unspecified atom stereocenters. The van der Waals surface area contributed by atoms with E-state index >= 15 is 0 Å². The molecule has 3 aromatic rings. The number of fused-ring (bicyclic) bond motifs is 1. The highest BCUT2D eigenvalue weighted by molar-refractivity contribution is 7.99. The van der Waals surface area contributed by atoms with Crippen LogP contribution in [-0.2, 0) is 0 Å². The van der Waals surface area contributed by atoms with Crippen molar-refractivity contribution in [3.63, 3.8) is 0 Å². The molecule has 3 N–H and O–H groups in total. The Morgan fingerprint density at radius 1 is 1.21 bits per heavy atom. The van der Waals surface area contributed by atoms with Crippen LogP contribution < -0.4 is 5.73 Å². The summed E-state index contributed by atoms with van der Waals surface area (Å²) < 4.78 is 0. The molecule has 96 valence electrons. The quantitative estimate of drug-likeness (QED) is 0.767. The summed E-state index contributed by atoms with van der Waals surface area (Å²) in [5, 5.41) is 1.73. The molecule has 0 aliphatic carbocycles. The van der Waals surface area contributed by atoms with Crippen LogP contribution in [0, 0.1) is 0 Å². The Balaban J connectivity index is 1.97. The van der Waals surface area contributed by atoms with Crippen molar-refractivity contribution >= 4 is 22.8 Å². The number of hydrogen-bond acceptors (Lipinski definition) is 4. The minimum absolute atomic E-state index is 0.0411. The number of rotatable bonds is 3. The molecule has 4 nitrogen and oxygen atoms in total. The zero-order chi connectivity index (χ0) is 13.2. The minimum Gasteiger partial charge on any atom is -0.333 e. The molecule has 0 amide bonds. The smallest absolute Gasteiger partial charge is 0.172 e. The van der Waals surface area contributed by atoms with Gasteiger partial charge in [0.05, 0.1) is 11.0 Å². The monoisotopic (exact) mass is 270 g/mol. The van der Waals surface area contributed by atoms with Gasteiger partial charge < -0.3 is 10.7 Å². The second-order valence-corrected chi connectivity index (χ2v) is 5.33. The van der Waals surface area contributed by atoms with Crippen LogP contribution in [-0.4, -0.2) is 15.0 Å². The van der Waals surface area contributed by atoms with E-state index in [0.717, 1.165) is 26.8 Å². The van der Waals surface area contributed by atoms with E-state index < -0.39 is 0 Å². The third-order valence-corrected chi connectivity index (χ3v) is 3.77. The average Bonchev–Trinajstić information content (AvgIpc) is 2.81. The van der Waals surface area contributed by atoms with Crippen molar-refractivity contribution in [2.45, 2.75) is 23.1 Å². The van der Waals surface area contributed by atoms with Crippen LogP contribution in [0.25, 0.3) is 11.0 Å². The van der Waals surface area contributed by atoms with Gasteiger partial charge in [0, 0.05) is 17.8 Å². The van der Waals surface area contributed by atoms with Crippen LogP contribution >= 0.6 is 11.8 Å². The van der Waals surface area contributed by atoms with E-state index in [1.165, 1.54) is 11.8 Å². The Hall–Kier alpha value is -1.85. The van der Waals surface area contributed by atoms with Crippen molar-refractivity contribution in [1.82, 2.24) is 15.0 Å². The van der Waals surface area contributed by atoms with Gasteiger partial charge in [-0.1, -0.05) is 18.2 Å². The number of nitrogens with two attached hydrogens (primary N) is 1. The average molecular weight is 270 g/mol. The molecule has 0 saturated carbocycles. The van der Waals surface area contributed by atoms with E-state index in [-0.39, 0.29) is 6.04 Å². The number of nitrogens with one attached hydrogen (secondary N) is 1. The SMILES string of the molecule is C[C@H](N)c1cccnc1Sc1nc2ccccc2[nH]1. The van der Waals surface area contributed by atoms with Gasteiger partial charge in [0.15, 0.2) is 5.16 Å². The van der Waals surface area contributed by atoms with Gasteiger partial charge in [-0.25, -0.2) is 9.97 Å². The maximum Gasteiger partial charge on any atom is 0.172 e. The fraction of sp³-hybridized carbons (Fsp3) is 0.143. The second kappa shape index (κ2) is 5.03. The van der Waals surface area contributed by atoms with E-state index in [9.17, 15) is 0 Å². The highest BCUT2D eigenvalue weighted by Gasteiger charge is 2.11. The summed E-state index contributed by atoms with van der Waals surface area (Å²) in [6.07, 6.45) is 1.77. The van der Waals surface area contributed by atoms with Crippen molar-refractivity contribution < 1.29 is 0 Å². The second-order valence-electron chi connectivity index (χ2n) is 4.35. The molecule has 1 atom stereocenters. The highest BCUT2D eigenvalue weighted by Crippen LogP contribution is 2.30. The Morgan fingerprint density at radius 3 is 2.84 bits per heavy atom. The molecule has 2 aromatic heterocycles. The summed E-state index contributed by atoms with van der Waals surface area (Å²) >= 11 is 1.51.